The summed E-state index contributed by atoms with van der Waals surface area (Å²) in [5.74, 6) is 0.0383. The number of rotatable bonds is 6. The molecule has 19 heavy (non-hydrogen) atoms. The molecule has 1 heterocycles. The van der Waals surface area contributed by atoms with E-state index in [0.717, 1.165) is 24.2 Å². The van der Waals surface area contributed by atoms with Gasteiger partial charge >= 0.3 is 0 Å². The van der Waals surface area contributed by atoms with Gasteiger partial charge in [0.1, 0.15) is 0 Å². The third-order valence-corrected chi connectivity index (χ3v) is 2.92. The second kappa shape index (κ2) is 7.23. The molecule has 0 aromatic heterocycles. The molecule has 1 aromatic rings. The summed E-state index contributed by atoms with van der Waals surface area (Å²) in [4.78, 5) is 11.6. The lowest BCUT2D eigenvalue weighted by molar-refractivity contribution is -0.116. The first-order valence-corrected chi connectivity index (χ1v) is 6.57. The highest BCUT2D eigenvalue weighted by atomic mass is 16.7. The van der Waals surface area contributed by atoms with Crippen LogP contribution in [0.2, 0.25) is 0 Å². The first-order valence-electron chi connectivity index (χ1n) is 6.57. The van der Waals surface area contributed by atoms with Crippen molar-refractivity contribution in [2.45, 2.75) is 19.1 Å². The predicted molar refractivity (Wildman–Crippen MR) is 72.9 cm³/mol. The number of carbonyl (C=O) groups is 1. The van der Waals surface area contributed by atoms with Gasteiger partial charge in [0.2, 0.25) is 5.91 Å². The quantitative estimate of drug-likeness (QED) is 0.767. The number of amides is 1. The van der Waals surface area contributed by atoms with Gasteiger partial charge in [0.25, 0.3) is 0 Å². The number of ether oxygens (including phenoxy) is 2. The summed E-state index contributed by atoms with van der Waals surface area (Å²) in [6, 6.07) is 7.57. The molecule has 104 valence electrons. The lowest BCUT2D eigenvalue weighted by atomic mass is 10.2. The molecule has 1 fully saturated rings. The number of benzene rings is 1. The predicted octanol–water partition coefficient (Wildman–Crippen LogP) is 1.67. The number of hydrogen-bond acceptors (Lipinski definition) is 4. The molecule has 0 aliphatic carbocycles. The number of anilines is 1. The Bertz CT molecular complexity index is 400. The van der Waals surface area contributed by atoms with Crippen LogP contribution in [0.25, 0.3) is 0 Å². The fourth-order valence-electron chi connectivity index (χ4n) is 1.92. The summed E-state index contributed by atoms with van der Waals surface area (Å²) in [6.07, 6.45) is 1.10. The Morgan fingerprint density at radius 3 is 2.58 bits per heavy atom. The van der Waals surface area contributed by atoms with Crippen LogP contribution in [0.5, 0.6) is 0 Å². The lowest BCUT2D eigenvalue weighted by Gasteiger charge is -2.10. The van der Waals surface area contributed by atoms with Crippen molar-refractivity contribution in [3.63, 3.8) is 0 Å². The van der Waals surface area contributed by atoms with Gasteiger partial charge in [-0.15, -0.1) is 0 Å². The van der Waals surface area contributed by atoms with E-state index in [-0.39, 0.29) is 12.2 Å². The van der Waals surface area contributed by atoms with E-state index in [1.54, 1.807) is 0 Å². The third kappa shape index (κ3) is 4.31. The van der Waals surface area contributed by atoms with Gasteiger partial charge in [-0.2, -0.15) is 0 Å². The minimum atomic E-state index is -0.264. The fourth-order valence-corrected chi connectivity index (χ4v) is 1.92. The minimum Gasteiger partial charge on any atom is -0.346 e. The molecule has 1 aliphatic heterocycles. The molecule has 0 bridgehead atoms. The van der Waals surface area contributed by atoms with Crippen LogP contribution in [0.15, 0.2) is 24.3 Å². The van der Waals surface area contributed by atoms with E-state index < -0.39 is 0 Å². The summed E-state index contributed by atoms with van der Waals surface area (Å²) >= 11 is 0. The zero-order valence-corrected chi connectivity index (χ0v) is 11.1. The highest BCUT2D eigenvalue weighted by Crippen LogP contribution is 2.24. The second-order valence-corrected chi connectivity index (χ2v) is 4.45. The van der Waals surface area contributed by atoms with E-state index in [1.165, 1.54) is 0 Å². The minimum absolute atomic E-state index is 0.0383. The average Bonchev–Trinajstić information content (AvgIpc) is 2.94. The monoisotopic (exact) mass is 264 g/mol. The van der Waals surface area contributed by atoms with Crippen molar-refractivity contribution in [3.8, 4) is 0 Å². The molecule has 0 unspecified atom stereocenters. The zero-order valence-electron chi connectivity index (χ0n) is 11.1. The third-order valence-electron chi connectivity index (χ3n) is 2.92. The smallest absolute Gasteiger partial charge is 0.224 e. The molecular weight excluding hydrogens is 244 g/mol. The Labute approximate surface area is 113 Å². The Balaban J connectivity index is 1.82. The molecular formula is C14H20N2O3. The van der Waals surface area contributed by atoms with Crippen LogP contribution in [0.1, 0.15) is 24.7 Å². The number of carbonyl (C=O) groups excluding carboxylic acids is 1. The van der Waals surface area contributed by atoms with Crippen molar-refractivity contribution >= 4 is 11.6 Å². The molecule has 0 spiro atoms. The largest absolute Gasteiger partial charge is 0.346 e. The molecule has 0 atom stereocenters. The van der Waals surface area contributed by atoms with Crippen molar-refractivity contribution in [2.24, 2.45) is 0 Å². The van der Waals surface area contributed by atoms with Crippen molar-refractivity contribution in [3.05, 3.63) is 29.8 Å². The normalized spacial score (nSPS) is 15.6. The van der Waals surface area contributed by atoms with Crippen molar-refractivity contribution < 1.29 is 14.3 Å². The van der Waals surface area contributed by atoms with Gasteiger partial charge in [-0.25, -0.2) is 0 Å². The highest BCUT2D eigenvalue weighted by Gasteiger charge is 2.17. The molecule has 1 aromatic carbocycles. The summed E-state index contributed by atoms with van der Waals surface area (Å²) in [7, 11) is 1.88. The van der Waals surface area contributed by atoms with Gasteiger partial charge in [-0.1, -0.05) is 12.1 Å². The van der Waals surface area contributed by atoms with E-state index in [1.807, 2.05) is 31.3 Å². The zero-order chi connectivity index (χ0) is 13.5. The van der Waals surface area contributed by atoms with Crippen LogP contribution in [0, 0.1) is 0 Å². The molecule has 1 saturated heterocycles. The van der Waals surface area contributed by atoms with Gasteiger partial charge in [-0.05, 0) is 32.1 Å². The van der Waals surface area contributed by atoms with Gasteiger partial charge in [0, 0.05) is 17.7 Å². The lowest BCUT2D eigenvalue weighted by Crippen LogP contribution is -2.15. The SMILES string of the molecule is CNCCCC(=O)Nc1ccc(C2OCCO2)cc1. The topological polar surface area (TPSA) is 59.6 Å². The van der Waals surface area contributed by atoms with Gasteiger partial charge in [-0.3, -0.25) is 4.79 Å². The van der Waals surface area contributed by atoms with E-state index in [4.69, 9.17) is 9.47 Å². The second-order valence-electron chi connectivity index (χ2n) is 4.45. The molecule has 0 saturated carbocycles. The van der Waals surface area contributed by atoms with Gasteiger partial charge in [0.15, 0.2) is 6.29 Å². The standard InChI is InChI=1S/C14H20N2O3/c1-15-8-2-3-13(17)16-12-6-4-11(5-7-12)14-18-9-10-19-14/h4-7,14-15H,2-3,8-10H2,1H3,(H,16,17). The average molecular weight is 264 g/mol. The Morgan fingerprint density at radius 2 is 1.95 bits per heavy atom. The van der Waals surface area contributed by atoms with Crippen molar-refractivity contribution in [1.29, 1.82) is 0 Å². The highest BCUT2D eigenvalue weighted by molar-refractivity contribution is 5.90. The van der Waals surface area contributed by atoms with Crippen molar-refractivity contribution in [1.82, 2.24) is 5.32 Å². The van der Waals surface area contributed by atoms with Crippen LogP contribution in [-0.4, -0.2) is 32.7 Å². The Kier molecular flexibility index (Phi) is 5.32. The van der Waals surface area contributed by atoms with E-state index in [0.29, 0.717) is 19.6 Å². The van der Waals surface area contributed by atoms with Gasteiger partial charge in [0.05, 0.1) is 13.2 Å². The maximum atomic E-state index is 11.6. The maximum absolute atomic E-state index is 11.6. The molecule has 1 aliphatic rings. The summed E-state index contributed by atoms with van der Waals surface area (Å²) in [5.41, 5.74) is 1.78. The van der Waals surface area contributed by atoms with Crippen LogP contribution in [0.4, 0.5) is 5.69 Å². The first kappa shape index (κ1) is 14.0. The fraction of sp³-hybridized carbons (Fsp3) is 0.500. The van der Waals surface area contributed by atoms with Crippen LogP contribution >= 0.6 is 0 Å². The summed E-state index contributed by atoms with van der Waals surface area (Å²) in [6.45, 7) is 2.12. The van der Waals surface area contributed by atoms with Crippen LogP contribution in [-0.2, 0) is 14.3 Å². The molecule has 2 N–H and O–H groups in total. The van der Waals surface area contributed by atoms with Crippen molar-refractivity contribution in [2.75, 3.05) is 32.1 Å². The van der Waals surface area contributed by atoms with E-state index >= 15 is 0 Å². The Hall–Kier alpha value is -1.43. The van der Waals surface area contributed by atoms with E-state index in [2.05, 4.69) is 10.6 Å². The van der Waals surface area contributed by atoms with Gasteiger partial charge < -0.3 is 20.1 Å². The molecule has 5 heteroatoms. The van der Waals surface area contributed by atoms with Crippen LogP contribution in [0.3, 0.4) is 0 Å². The number of hydrogen-bond donors (Lipinski definition) is 2. The molecule has 1 amide bonds. The van der Waals surface area contributed by atoms with Crippen LogP contribution < -0.4 is 10.6 Å². The first-order chi connectivity index (χ1) is 9.29. The summed E-state index contributed by atoms with van der Waals surface area (Å²) < 4.78 is 10.8. The maximum Gasteiger partial charge on any atom is 0.224 e. The molecule has 0 radical (unpaired) electrons. The molecule has 5 nitrogen and oxygen atoms in total. The van der Waals surface area contributed by atoms with E-state index in [9.17, 15) is 4.79 Å². The summed E-state index contributed by atoms with van der Waals surface area (Å²) in [5, 5.41) is 5.89. The Morgan fingerprint density at radius 1 is 1.26 bits per heavy atom. The number of nitrogens with one attached hydrogen (secondary N) is 2. The molecule has 2 rings (SSSR count).